The molecule has 2 aromatic rings. The van der Waals surface area contributed by atoms with E-state index in [0.29, 0.717) is 6.54 Å². The fourth-order valence-electron chi connectivity index (χ4n) is 1.55. The zero-order valence-corrected chi connectivity index (χ0v) is 10.0. The predicted octanol–water partition coefficient (Wildman–Crippen LogP) is 1.22. The summed E-state index contributed by atoms with van der Waals surface area (Å²) in [6, 6.07) is 1.82. The molecule has 2 heterocycles. The molecule has 0 saturated carbocycles. The molecule has 90 valence electrons. The lowest BCUT2D eigenvalue weighted by atomic mass is 10.4. The summed E-state index contributed by atoms with van der Waals surface area (Å²) in [6.07, 6.45) is 8.49. The fourth-order valence-corrected chi connectivity index (χ4v) is 1.55. The molecular formula is C12H17N5. The van der Waals surface area contributed by atoms with Gasteiger partial charge in [0.1, 0.15) is 5.82 Å². The van der Waals surface area contributed by atoms with E-state index in [2.05, 4.69) is 27.2 Å². The minimum Gasteiger partial charge on any atom is -0.329 e. The maximum absolute atomic E-state index is 4.33. The van der Waals surface area contributed by atoms with E-state index >= 15 is 0 Å². The first kappa shape index (κ1) is 11.7. The van der Waals surface area contributed by atoms with Gasteiger partial charge in [-0.05, 0) is 19.0 Å². The van der Waals surface area contributed by atoms with Crippen molar-refractivity contribution in [3.05, 3.63) is 42.5 Å². The quantitative estimate of drug-likeness (QED) is 0.759. The summed E-state index contributed by atoms with van der Waals surface area (Å²) in [4.78, 5) is 12.7. The minimum atomic E-state index is 0.668. The predicted molar refractivity (Wildman–Crippen MR) is 65.4 cm³/mol. The summed E-state index contributed by atoms with van der Waals surface area (Å²) in [5, 5.41) is 3.32. The lowest BCUT2D eigenvalue weighted by Crippen LogP contribution is -2.13. The second-order valence-electron chi connectivity index (χ2n) is 3.88. The van der Waals surface area contributed by atoms with E-state index in [9.17, 15) is 0 Å². The average Bonchev–Trinajstić information content (AvgIpc) is 2.79. The van der Waals surface area contributed by atoms with Gasteiger partial charge >= 0.3 is 0 Å². The second kappa shape index (κ2) is 6.10. The lowest BCUT2D eigenvalue weighted by Gasteiger charge is -2.00. The van der Waals surface area contributed by atoms with Crippen molar-refractivity contribution >= 4 is 0 Å². The molecule has 0 atom stereocenters. The van der Waals surface area contributed by atoms with Gasteiger partial charge in [0.2, 0.25) is 0 Å². The molecule has 0 spiro atoms. The first-order valence-electron chi connectivity index (χ1n) is 5.85. The smallest absolute Gasteiger partial charge is 0.147 e. The van der Waals surface area contributed by atoms with Crippen LogP contribution in [0, 0.1) is 0 Å². The van der Waals surface area contributed by atoms with Gasteiger partial charge in [0, 0.05) is 25.1 Å². The highest BCUT2D eigenvalue weighted by Gasteiger charge is 2.00. The van der Waals surface area contributed by atoms with Crippen LogP contribution in [-0.2, 0) is 13.1 Å². The van der Waals surface area contributed by atoms with Crippen molar-refractivity contribution < 1.29 is 0 Å². The topological polar surface area (TPSA) is 55.6 Å². The third kappa shape index (κ3) is 3.64. The summed E-state index contributed by atoms with van der Waals surface area (Å²) < 4.78 is 2.00. The molecular weight excluding hydrogens is 214 g/mol. The van der Waals surface area contributed by atoms with E-state index in [-0.39, 0.29) is 0 Å². The van der Waals surface area contributed by atoms with Gasteiger partial charge in [0.05, 0.1) is 18.6 Å². The summed E-state index contributed by atoms with van der Waals surface area (Å²) in [7, 11) is 0. The van der Waals surface area contributed by atoms with Gasteiger partial charge in [0.15, 0.2) is 0 Å². The Bertz CT molecular complexity index is 437. The van der Waals surface area contributed by atoms with Crippen LogP contribution >= 0.6 is 0 Å². The fraction of sp³-hybridized carbons (Fsp3) is 0.417. The van der Waals surface area contributed by atoms with Crippen molar-refractivity contribution in [2.75, 3.05) is 6.54 Å². The van der Waals surface area contributed by atoms with Crippen LogP contribution in [-0.4, -0.2) is 26.1 Å². The standard InChI is InChI=1S/C12H17N5/c1-2-4-13-7-11-8-17(10-16-11)9-12-14-5-3-6-15-12/h3,5-6,8,10,13H,2,4,7,9H2,1H3. The molecule has 0 aliphatic rings. The van der Waals surface area contributed by atoms with E-state index in [4.69, 9.17) is 0 Å². The second-order valence-corrected chi connectivity index (χ2v) is 3.88. The Kier molecular flexibility index (Phi) is 4.21. The molecule has 1 N–H and O–H groups in total. The van der Waals surface area contributed by atoms with Crippen LogP contribution in [0.1, 0.15) is 24.9 Å². The Morgan fingerprint density at radius 1 is 1.24 bits per heavy atom. The number of nitrogens with zero attached hydrogens (tertiary/aromatic N) is 4. The highest BCUT2D eigenvalue weighted by atomic mass is 15.1. The Balaban J connectivity index is 1.90. The largest absolute Gasteiger partial charge is 0.329 e. The van der Waals surface area contributed by atoms with Crippen LogP contribution < -0.4 is 5.32 Å². The number of hydrogen-bond donors (Lipinski definition) is 1. The molecule has 0 bridgehead atoms. The Morgan fingerprint density at radius 3 is 2.82 bits per heavy atom. The number of aromatic nitrogens is 4. The number of hydrogen-bond acceptors (Lipinski definition) is 4. The molecule has 0 unspecified atom stereocenters. The zero-order chi connectivity index (χ0) is 11.9. The molecule has 17 heavy (non-hydrogen) atoms. The average molecular weight is 231 g/mol. The number of nitrogens with one attached hydrogen (secondary N) is 1. The van der Waals surface area contributed by atoms with Gasteiger partial charge in [-0.1, -0.05) is 6.92 Å². The molecule has 5 heteroatoms. The van der Waals surface area contributed by atoms with Gasteiger partial charge in [0.25, 0.3) is 0 Å². The molecule has 0 amide bonds. The maximum atomic E-state index is 4.33. The maximum Gasteiger partial charge on any atom is 0.147 e. The third-order valence-corrected chi connectivity index (χ3v) is 2.36. The molecule has 2 aromatic heterocycles. The Hall–Kier alpha value is -1.75. The highest BCUT2D eigenvalue weighted by Crippen LogP contribution is 1.99. The monoisotopic (exact) mass is 231 g/mol. The molecule has 5 nitrogen and oxygen atoms in total. The van der Waals surface area contributed by atoms with Crippen LogP contribution in [0.25, 0.3) is 0 Å². The summed E-state index contributed by atoms with van der Waals surface area (Å²) in [5.41, 5.74) is 1.05. The lowest BCUT2D eigenvalue weighted by molar-refractivity contribution is 0.665. The normalized spacial score (nSPS) is 10.6. The van der Waals surface area contributed by atoms with Gasteiger partial charge in [-0.3, -0.25) is 0 Å². The molecule has 0 aliphatic heterocycles. The number of imidazole rings is 1. The van der Waals surface area contributed by atoms with Gasteiger partial charge in [-0.25, -0.2) is 15.0 Å². The minimum absolute atomic E-state index is 0.668. The summed E-state index contributed by atoms with van der Waals surface area (Å²) >= 11 is 0. The first-order valence-corrected chi connectivity index (χ1v) is 5.85. The highest BCUT2D eigenvalue weighted by molar-refractivity contribution is 4.99. The van der Waals surface area contributed by atoms with E-state index in [1.165, 1.54) is 0 Å². The Morgan fingerprint density at radius 2 is 2.06 bits per heavy atom. The van der Waals surface area contributed by atoms with Crippen molar-refractivity contribution in [1.82, 2.24) is 24.8 Å². The van der Waals surface area contributed by atoms with E-state index in [1.54, 1.807) is 12.4 Å². The van der Waals surface area contributed by atoms with Crippen molar-refractivity contribution in [3.63, 3.8) is 0 Å². The van der Waals surface area contributed by atoms with Crippen LogP contribution in [0.4, 0.5) is 0 Å². The summed E-state index contributed by atoms with van der Waals surface area (Å²) in [5.74, 6) is 0.804. The zero-order valence-electron chi connectivity index (χ0n) is 10.0. The molecule has 2 rings (SSSR count). The van der Waals surface area contributed by atoms with Gasteiger partial charge in [-0.2, -0.15) is 0 Å². The molecule has 0 aromatic carbocycles. The van der Waals surface area contributed by atoms with E-state index in [0.717, 1.165) is 31.0 Å². The summed E-state index contributed by atoms with van der Waals surface area (Å²) in [6.45, 7) is 4.66. The van der Waals surface area contributed by atoms with Crippen molar-refractivity contribution in [1.29, 1.82) is 0 Å². The van der Waals surface area contributed by atoms with Crippen molar-refractivity contribution in [2.45, 2.75) is 26.4 Å². The van der Waals surface area contributed by atoms with Gasteiger partial charge < -0.3 is 9.88 Å². The first-order chi connectivity index (χ1) is 8.38. The van der Waals surface area contributed by atoms with Crippen molar-refractivity contribution in [3.8, 4) is 0 Å². The third-order valence-electron chi connectivity index (χ3n) is 2.36. The van der Waals surface area contributed by atoms with Crippen LogP contribution in [0.3, 0.4) is 0 Å². The van der Waals surface area contributed by atoms with Crippen LogP contribution in [0.15, 0.2) is 31.0 Å². The van der Waals surface area contributed by atoms with Crippen LogP contribution in [0.2, 0.25) is 0 Å². The van der Waals surface area contributed by atoms with Gasteiger partial charge in [-0.15, -0.1) is 0 Å². The van der Waals surface area contributed by atoms with E-state index < -0.39 is 0 Å². The Labute approximate surface area is 101 Å². The molecule has 0 fully saturated rings. The van der Waals surface area contributed by atoms with Crippen molar-refractivity contribution in [2.24, 2.45) is 0 Å². The SMILES string of the molecule is CCCNCc1cn(Cc2ncccn2)cn1. The van der Waals surface area contributed by atoms with E-state index in [1.807, 2.05) is 23.2 Å². The number of rotatable bonds is 6. The molecule has 0 radical (unpaired) electrons. The molecule has 0 saturated heterocycles. The molecule has 0 aliphatic carbocycles. The van der Waals surface area contributed by atoms with Crippen LogP contribution in [0.5, 0.6) is 0 Å².